The van der Waals surface area contributed by atoms with Crippen molar-refractivity contribution >= 4 is 12.0 Å². The van der Waals surface area contributed by atoms with Crippen LogP contribution in [0.3, 0.4) is 0 Å². The molecule has 1 aliphatic heterocycles. The number of hydrogen-bond acceptors (Lipinski definition) is 5. The average molecular weight is 365 g/mol. The SMILES string of the molecule is CCCc1onc(C)c1C(=O)N1CCC(C)(CNC(=O)OC(C)(C)C)C1. The maximum absolute atomic E-state index is 13.0. The molecule has 1 N–H and O–H groups in total. The van der Waals surface area contributed by atoms with Gasteiger partial charge in [-0.15, -0.1) is 0 Å². The smallest absolute Gasteiger partial charge is 0.407 e. The molecule has 0 radical (unpaired) electrons. The van der Waals surface area contributed by atoms with Crippen LogP contribution in [0.25, 0.3) is 0 Å². The van der Waals surface area contributed by atoms with Crippen molar-refractivity contribution in [2.24, 2.45) is 5.41 Å². The highest BCUT2D eigenvalue weighted by Crippen LogP contribution is 2.31. The zero-order chi connectivity index (χ0) is 19.5. The van der Waals surface area contributed by atoms with E-state index in [1.165, 1.54) is 0 Å². The van der Waals surface area contributed by atoms with Gasteiger partial charge in [0, 0.05) is 31.5 Å². The zero-order valence-corrected chi connectivity index (χ0v) is 16.8. The number of aromatic nitrogens is 1. The first-order valence-electron chi connectivity index (χ1n) is 9.26. The van der Waals surface area contributed by atoms with Crippen molar-refractivity contribution < 1.29 is 18.8 Å². The van der Waals surface area contributed by atoms with Crippen molar-refractivity contribution in [3.05, 3.63) is 17.0 Å². The molecule has 26 heavy (non-hydrogen) atoms. The van der Waals surface area contributed by atoms with E-state index >= 15 is 0 Å². The lowest BCUT2D eigenvalue weighted by Crippen LogP contribution is -2.41. The van der Waals surface area contributed by atoms with E-state index in [9.17, 15) is 9.59 Å². The summed E-state index contributed by atoms with van der Waals surface area (Å²) in [6, 6.07) is 0. The minimum Gasteiger partial charge on any atom is -0.444 e. The van der Waals surface area contributed by atoms with Crippen molar-refractivity contribution in [1.82, 2.24) is 15.4 Å². The van der Waals surface area contributed by atoms with Crippen molar-refractivity contribution in [1.29, 1.82) is 0 Å². The highest BCUT2D eigenvalue weighted by molar-refractivity contribution is 5.96. The Morgan fingerprint density at radius 2 is 2.08 bits per heavy atom. The van der Waals surface area contributed by atoms with E-state index in [-0.39, 0.29) is 11.3 Å². The summed E-state index contributed by atoms with van der Waals surface area (Å²) in [5, 5.41) is 6.79. The fraction of sp³-hybridized carbons (Fsp3) is 0.737. The van der Waals surface area contributed by atoms with Crippen molar-refractivity contribution in [2.45, 2.75) is 66.4 Å². The third kappa shape index (κ3) is 4.99. The van der Waals surface area contributed by atoms with Gasteiger partial charge >= 0.3 is 6.09 Å². The second-order valence-corrected chi connectivity index (χ2v) is 8.46. The summed E-state index contributed by atoms with van der Waals surface area (Å²) in [5.41, 5.74) is 0.530. The Bertz CT molecular complexity index is 662. The molecular weight excluding hydrogens is 334 g/mol. The number of likely N-dealkylation sites (tertiary alicyclic amines) is 1. The number of ether oxygens (including phenoxy) is 1. The lowest BCUT2D eigenvalue weighted by molar-refractivity contribution is 0.0504. The van der Waals surface area contributed by atoms with E-state index in [4.69, 9.17) is 9.26 Å². The molecule has 1 unspecified atom stereocenters. The maximum atomic E-state index is 13.0. The Balaban J connectivity index is 1.98. The summed E-state index contributed by atoms with van der Waals surface area (Å²) in [6.07, 6.45) is 1.99. The minimum atomic E-state index is -0.524. The van der Waals surface area contributed by atoms with Gasteiger partial charge in [0.2, 0.25) is 0 Å². The largest absolute Gasteiger partial charge is 0.444 e. The molecule has 1 aromatic rings. The van der Waals surface area contributed by atoms with Crippen LogP contribution >= 0.6 is 0 Å². The van der Waals surface area contributed by atoms with Crippen LogP contribution in [0.4, 0.5) is 4.79 Å². The van der Waals surface area contributed by atoms with Crippen LogP contribution in [-0.4, -0.2) is 47.3 Å². The number of rotatable bonds is 5. The number of alkyl carbamates (subject to hydrolysis) is 1. The average Bonchev–Trinajstić information content (AvgIpc) is 3.08. The van der Waals surface area contributed by atoms with Gasteiger partial charge in [-0.05, 0) is 40.5 Å². The first kappa shape index (κ1) is 20.3. The summed E-state index contributed by atoms with van der Waals surface area (Å²) < 4.78 is 10.6. The number of carbonyl (C=O) groups is 2. The van der Waals surface area contributed by atoms with Gasteiger partial charge in [0.15, 0.2) is 0 Å². The van der Waals surface area contributed by atoms with Gasteiger partial charge in [0.1, 0.15) is 16.9 Å². The Kier molecular flexibility index (Phi) is 5.98. The highest BCUT2D eigenvalue weighted by Gasteiger charge is 2.38. The highest BCUT2D eigenvalue weighted by atomic mass is 16.6. The third-order valence-corrected chi connectivity index (χ3v) is 4.53. The summed E-state index contributed by atoms with van der Waals surface area (Å²) in [5.74, 6) is 0.628. The predicted octanol–water partition coefficient (Wildman–Crippen LogP) is 3.31. The number of hydrogen-bond donors (Lipinski definition) is 1. The van der Waals surface area contributed by atoms with E-state index in [2.05, 4.69) is 17.4 Å². The molecule has 2 rings (SSSR count). The Morgan fingerprint density at radius 1 is 1.38 bits per heavy atom. The second kappa shape index (κ2) is 7.68. The molecule has 2 heterocycles. The van der Waals surface area contributed by atoms with Gasteiger partial charge in [0.25, 0.3) is 5.91 Å². The van der Waals surface area contributed by atoms with Crippen LogP contribution in [0.1, 0.15) is 69.3 Å². The van der Waals surface area contributed by atoms with Crippen LogP contribution in [0.2, 0.25) is 0 Å². The Labute approximate surface area is 155 Å². The van der Waals surface area contributed by atoms with Gasteiger partial charge in [-0.2, -0.15) is 0 Å². The molecule has 1 fully saturated rings. The monoisotopic (exact) mass is 365 g/mol. The first-order chi connectivity index (χ1) is 12.0. The molecule has 0 spiro atoms. The van der Waals surface area contributed by atoms with Gasteiger partial charge < -0.3 is 19.5 Å². The Hall–Kier alpha value is -2.05. The predicted molar refractivity (Wildman–Crippen MR) is 98.1 cm³/mol. The van der Waals surface area contributed by atoms with E-state index in [0.717, 1.165) is 12.8 Å². The molecular formula is C19H31N3O4. The van der Waals surface area contributed by atoms with Crippen molar-refractivity contribution in [3.63, 3.8) is 0 Å². The van der Waals surface area contributed by atoms with Crippen LogP contribution in [0.5, 0.6) is 0 Å². The quantitative estimate of drug-likeness (QED) is 0.865. The number of nitrogens with zero attached hydrogens (tertiary/aromatic N) is 2. The lowest BCUT2D eigenvalue weighted by atomic mass is 9.90. The molecule has 7 heteroatoms. The van der Waals surface area contributed by atoms with Crippen molar-refractivity contribution in [2.75, 3.05) is 19.6 Å². The molecule has 0 bridgehead atoms. The molecule has 7 nitrogen and oxygen atoms in total. The van der Waals surface area contributed by atoms with E-state index in [0.29, 0.717) is 43.1 Å². The summed E-state index contributed by atoms with van der Waals surface area (Å²) in [7, 11) is 0. The standard InChI is InChI=1S/C19H31N3O4/c1-7-8-14-15(13(2)21-26-14)16(23)22-10-9-19(6,12-22)11-20-17(24)25-18(3,4)5/h7-12H2,1-6H3,(H,20,24). The molecule has 0 saturated carbocycles. The first-order valence-corrected chi connectivity index (χ1v) is 9.26. The number of aryl methyl sites for hydroxylation is 2. The molecule has 1 aromatic heterocycles. The zero-order valence-electron chi connectivity index (χ0n) is 16.8. The molecule has 146 valence electrons. The summed E-state index contributed by atoms with van der Waals surface area (Å²) in [4.78, 5) is 26.7. The van der Waals surface area contributed by atoms with Gasteiger partial charge in [-0.1, -0.05) is 19.0 Å². The topological polar surface area (TPSA) is 84.7 Å². The van der Waals surface area contributed by atoms with Gasteiger partial charge in [-0.25, -0.2) is 4.79 Å². The third-order valence-electron chi connectivity index (χ3n) is 4.53. The molecule has 1 aliphatic rings. The second-order valence-electron chi connectivity index (χ2n) is 8.46. The fourth-order valence-electron chi connectivity index (χ4n) is 3.19. The maximum Gasteiger partial charge on any atom is 0.407 e. The van der Waals surface area contributed by atoms with E-state index in [1.807, 2.05) is 32.6 Å². The molecule has 1 saturated heterocycles. The van der Waals surface area contributed by atoms with E-state index in [1.54, 1.807) is 6.92 Å². The van der Waals surface area contributed by atoms with Crippen LogP contribution < -0.4 is 5.32 Å². The molecule has 0 aliphatic carbocycles. The van der Waals surface area contributed by atoms with Gasteiger partial charge in [-0.3, -0.25) is 4.79 Å². The normalized spacial score (nSPS) is 20.3. The van der Waals surface area contributed by atoms with Crippen molar-refractivity contribution in [3.8, 4) is 0 Å². The minimum absolute atomic E-state index is 0.0341. The van der Waals surface area contributed by atoms with Gasteiger partial charge in [0.05, 0.1) is 5.69 Å². The van der Waals surface area contributed by atoms with Crippen LogP contribution in [-0.2, 0) is 11.2 Å². The summed E-state index contributed by atoms with van der Waals surface area (Å²) >= 11 is 0. The fourth-order valence-corrected chi connectivity index (χ4v) is 3.19. The van der Waals surface area contributed by atoms with Crippen LogP contribution in [0, 0.1) is 12.3 Å². The number of amides is 2. The Morgan fingerprint density at radius 3 is 2.69 bits per heavy atom. The molecule has 1 atom stereocenters. The molecule has 0 aromatic carbocycles. The number of carbonyl (C=O) groups excluding carboxylic acids is 2. The lowest BCUT2D eigenvalue weighted by Gasteiger charge is -2.26. The van der Waals surface area contributed by atoms with Crippen LogP contribution in [0.15, 0.2) is 4.52 Å². The molecule has 2 amide bonds. The summed E-state index contributed by atoms with van der Waals surface area (Å²) in [6.45, 7) is 13.1. The number of nitrogens with one attached hydrogen (secondary N) is 1. The van der Waals surface area contributed by atoms with E-state index < -0.39 is 11.7 Å².